The standard InChI is InChI=1S/C22H17Cl2N3O3/c1-28-20-10-16-18(11-21(20)29-2)25-12-26-22(16)27-14-4-6-15(7-5-14)30-19-8-3-13(23)9-17(19)24/h3-12H,1-2H3,(H,25,26,27). The molecule has 4 rings (SSSR count). The van der Waals surface area contributed by atoms with Crippen molar-refractivity contribution in [3.63, 3.8) is 0 Å². The van der Waals surface area contributed by atoms with Gasteiger partial charge in [0.2, 0.25) is 0 Å². The Balaban J connectivity index is 1.58. The summed E-state index contributed by atoms with van der Waals surface area (Å²) in [7, 11) is 3.18. The minimum absolute atomic E-state index is 0.446. The molecule has 30 heavy (non-hydrogen) atoms. The molecule has 0 aliphatic rings. The highest BCUT2D eigenvalue weighted by Gasteiger charge is 2.11. The lowest BCUT2D eigenvalue weighted by Gasteiger charge is -2.12. The number of benzene rings is 3. The topological polar surface area (TPSA) is 65.5 Å². The molecule has 4 aromatic rings. The molecule has 1 N–H and O–H groups in total. The number of fused-ring (bicyclic) bond motifs is 1. The summed E-state index contributed by atoms with van der Waals surface area (Å²) in [6.07, 6.45) is 1.50. The highest BCUT2D eigenvalue weighted by Crippen LogP contribution is 2.35. The molecule has 0 aliphatic heterocycles. The average Bonchev–Trinajstić information content (AvgIpc) is 2.76. The van der Waals surface area contributed by atoms with Crippen molar-refractivity contribution in [2.45, 2.75) is 0 Å². The first-order valence-corrected chi connectivity index (χ1v) is 9.69. The molecule has 0 atom stereocenters. The van der Waals surface area contributed by atoms with E-state index in [0.717, 1.165) is 16.6 Å². The van der Waals surface area contributed by atoms with E-state index in [1.54, 1.807) is 32.4 Å². The number of aromatic nitrogens is 2. The number of rotatable bonds is 6. The summed E-state index contributed by atoms with van der Waals surface area (Å²) in [6.45, 7) is 0. The second-order valence-electron chi connectivity index (χ2n) is 6.27. The van der Waals surface area contributed by atoms with Crippen molar-refractivity contribution in [3.8, 4) is 23.0 Å². The van der Waals surface area contributed by atoms with Crippen LogP contribution in [0.15, 0.2) is 60.9 Å². The Morgan fingerprint density at radius 1 is 0.800 bits per heavy atom. The predicted molar refractivity (Wildman–Crippen MR) is 119 cm³/mol. The van der Waals surface area contributed by atoms with Crippen molar-refractivity contribution < 1.29 is 14.2 Å². The Morgan fingerprint density at radius 3 is 2.23 bits per heavy atom. The number of hydrogen-bond donors (Lipinski definition) is 1. The molecule has 0 unspecified atom stereocenters. The quantitative estimate of drug-likeness (QED) is 0.368. The van der Waals surface area contributed by atoms with E-state index >= 15 is 0 Å². The van der Waals surface area contributed by atoms with Gasteiger partial charge in [-0.25, -0.2) is 9.97 Å². The van der Waals surface area contributed by atoms with Gasteiger partial charge in [0.1, 0.15) is 23.6 Å². The summed E-state index contributed by atoms with van der Waals surface area (Å²) in [4.78, 5) is 8.68. The maximum atomic E-state index is 6.16. The van der Waals surface area contributed by atoms with Crippen molar-refractivity contribution in [3.05, 3.63) is 71.0 Å². The number of nitrogens with zero attached hydrogens (tertiary/aromatic N) is 2. The molecule has 0 aliphatic carbocycles. The van der Waals surface area contributed by atoms with E-state index in [1.807, 2.05) is 36.4 Å². The minimum atomic E-state index is 0.446. The molecule has 0 fully saturated rings. The van der Waals surface area contributed by atoms with Gasteiger partial charge in [-0.3, -0.25) is 0 Å². The summed E-state index contributed by atoms with van der Waals surface area (Å²) >= 11 is 12.1. The van der Waals surface area contributed by atoms with Gasteiger partial charge in [-0.2, -0.15) is 0 Å². The molecule has 0 saturated heterocycles. The summed E-state index contributed by atoms with van der Waals surface area (Å²) in [6, 6.07) is 16.2. The molecule has 3 aromatic carbocycles. The van der Waals surface area contributed by atoms with Crippen LogP contribution in [0.4, 0.5) is 11.5 Å². The third-order valence-corrected chi connectivity index (χ3v) is 4.91. The first-order chi connectivity index (χ1) is 14.6. The number of ether oxygens (including phenoxy) is 3. The van der Waals surface area contributed by atoms with Crippen LogP contribution in [0, 0.1) is 0 Å². The first-order valence-electron chi connectivity index (χ1n) is 8.94. The monoisotopic (exact) mass is 441 g/mol. The Labute approximate surface area is 183 Å². The van der Waals surface area contributed by atoms with E-state index in [2.05, 4.69) is 15.3 Å². The Kier molecular flexibility index (Phi) is 5.79. The fourth-order valence-corrected chi connectivity index (χ4v) is 3.36. The second-order valence-corrected chi connectivity index (χ2v) is 7.12. The van der Waals surface area contributed by atoms with Gasteiger partial charge in [0.05, 0.1) is 24.8 Å². The molecule has 0 radical (unpaired) electrons. The minimum Gasteiger partial charge on any atom is -0.493 e. The molecule has 0 spiro atoms. The van der Waals surface area contributed by atoms with E-state index in [9.17, 15) is 0 Å². The number of halogens is 2. The number of methoxy groups -OCH3 is 2. The van der Waals surface area contributed by atoms with Crippen molar-refractivity contribution in [1.29, 1.82) is 0 Å². The summed E-state index contributed by atoms with van der Waals surface area (Å²) in [5.74, 6) is 3.03. The molecule has 6 nitrogen and oxygen atoms in total. The maximum absolute atomic E-state index is 6.16. The molecule has 0 bridgehead atoms. The summed E-state index contributed by atoms with van der Waals surface area (Å²) in [5.41, 5.74) is 1.57. The van der Waals surface area contributed by atoms with Crippen LogP contribution in [0.5, 0.6) is 23.0 Å². The smallest absolute Gasteiger partial charge is 0.162 e. The van der Waals surface area contributed by atoms with Crippen molar-refractivity contribution in [2.75, 3.05) is 19.5 Å². The van der Waals surface area contributed by atoms with Crippen LogP contribution in [0.2, 0.25) is 10.0 Å². The molecule has 152 valence electrons. The van der Waals surface area contributed by atoms with Gasteiger partial charge >= 0.3 is 0 Å². The van der Waals surface area contributed by atoms with Crippen LogP contribution >= 0.6 is 23.2 Å². The third-order valence-electron chi connectivity index (χ3n) is 4.38. The largest absolute Gasteiger partial charge is 0.493 e. The van der Waals surface area contributed by atoms with Crippen LogP contribution in [-0.2, 0) is 0 Å². The highest BCUT2D eigenvalue weighted by molar-refractivity contribution is 6.35. The third kappa shape index (κ3) is 4.20. The van der Waals surface area contributed by atoms with Gasteiger partial charge in [0.25, 0.3) is 0 Å². The normalized spacial score (nSPS) is 10.7. The molecule has 0 saturated carbocycles. The second kappa shape index (κ2) is 8.65. The highest BCUT2D eigenvalue weighted by atomic mass is 35.5. The summed E-state index contributed by atoms with van der Waals surface area (Å²) < 4.78 is 16.6. The zero-order valence-corrected chi connectivity index (χ0v) is 17.7. The fraction of sp³-hybridized carbons (Fsp3) is 0.0909. The van der Waals surface area contributed by atoms with Gasteiger partial charge in [-0.05, 0) is 48.5 Å². The van der Waals surface area contributed by atoms with E-state index in [1.165, 1.54) is 6.33 Å². The fourth-order valence-electron chi connectivity index (χ4n) is 2.91. The lowest BCUT2D eigenvalue weighted by atomic mass is 10.2. The van der Waals surface area contributed by atoms with Gasteiger partial charge in [0, 0.05) is 22.2 Å². The van der Waals surface area contributed by atoms with Gasteiger partial charge in [0.15, 0.2) is 11.5 Å². The van der Waals surface area contributed by atoms with E-state index in [-0.39, 0.29) is 0 Å². The average molecular weight is 442 g/mol. The Hall–Kier alpha value is -3.22. The van der Waals surface area contributed by atoms with Gasteiger partial charge in [-0.15, -0.1) is 0 Å². The zero-order chi connectivity index (χ0) is 21.1. The maximum Gasteiger partial charge on any atom is 0.162 e. The summed E-state index contributed by atoms with van der Waals surface area (Å²) in [5, 5.41) is 5.11. The molecule has 1 heterocycles. The molecule has 0 amide bonds. The van der Waals surface area contributed by atoms with Gasteiger partial charge < -0.3 is 19.5 Å². The number of hydrogen-bond acceptors (Lipinski definition) is 6. The zero-order valence-electron chi connectivity index (χ0n) is 16.1. The van der Waals surface area contributed by atoms with Crippen LogP contribution in [0.3, 0.4) is 0 Å². The molecule has 8 heteroatoms. The SMILES string of the molecule is COc1cc2ncnc(Nc3ccc(Oc4ccc(Cl)cc4Cl)cc3)c2cc1OC. The number of nitrogens with one attached hydrogen (secondary N) is 1. The molecular weight excluding hydrogens is 425 g/mol. The van der Waals surface area contributed by atoms with E-state index in [0.29, 0.717) is 38.9 Å². The predicted octanol–water partition coefficient (Wildman–Crippen LogP) is 6.49. The Morgan fingerprint density at radius 2 is 1.53 bits per heavy atom. The van der Waals surface area contributed by atoms with Crippen LogP contribution in [-0.4, -0.2) is 24.2 Å². The lowest BCUT2D eigenvalue weighted by molar-refractivity contribution is 0.356. The van der Waals surface area contributed by atoms with Crippen LogP contribution in [0.1, 0.15) is 0 Å². The van der Waals surface area contributed by atoms with E-state index in [4.69, 9.17) is 37.4 Å². The van der Waals surface area contributed by atoms with Crippen molar-refractivity contribution in [1.82, 2.24) is 9.97 Å². The Bertz CT molecular complexity index is 1200. The number of anilines is 2. The van der Waals surface area contributed by atoms with Crippen molar-refractivity contribution in [2.24, 2.45) is 0 Å². The lowest BCUT2D eigenvalue weighted by Crippen LogP contribution is -1.98. The van der Waals surface area contributed by atoms with E-state index < -0.39 is 0 Å². The van der Waals surface area contributed by atoms with Crippen molar-refractivity contribution >= 4 is 45.6 Å². The molecule has 1 aromatic heterocycles. The van der Waals surface area contributed by atoms with Crippen LogP contribution < -0.4 is 19.5 Å². The first kappa shape index (κ1) is 20.1. The van der Waals surface area contributed by atoms with Gasteiger partial charge in [-0.1, -0.05) is 23.2 Å². The van der Waals surface area contributed by atoms with Crippen LogP contribution in [0.25, 0.3) is 10.9 Å². The molecular formula is C22H17Cl2N3O3.